The molecule has 0 unspecified atom stereocenters. The Morgan fingerprint density at radius 1 is 0.377 bits per heavy atom. The first-order valence-electron chi connectivity index (χ1n) is 34.7. The minimum absolute atomic E-state index is 0.0964. The summed E-state index contributed by atoms with van der Waals surface area (Å²) in [6.45, 7) is 11.0. The maximum absolute atomic E-state index is 11.5. The number of para-hydroxylation sites is 2. The molecule has 4 aromatic heterocycles. The Bertz CT molecular complexity index is 5890. The molecule has 14 aromatic rings. The van der Waals surface area contributed by atoms with Crippen molar-refractivity contribution >= 4 is 84.6 Å². The molecule has 4 heterocycles. The third-order valence-corrected chi connectivity index (χ3v) is 21.7. The Kier molecular flexibility index (Phi) is 24.4. The average Bonchev–Trinajstić information content (AvgIpc) is 0.906. The average molecular weight is 1500 g/mol. The van der Waals surface area contributed by atoms with Crippen LogP contribution >= 0.6 is 0 Å². The highest BCUT2D eigenvalue weighted by atomic mass is 32.2. The lowest BCUT2D eigenvalue weighted by molar-refractivity contribution is 0.466. The van der Waals surface area contributed by atoms with E-state index in [2.05, 4.69) is 107 Å². The van der Waals surface area contributed by atoms with E-state index in [0.717, 1.165) is 160 Å². The molecule has 1 fully saturated rings. The van der Waals surface area contributed by atoms with Gasteiger partial charge in [-0.05, 0) is 134 Å². The highest BCUT2D eigenvalue weighted by molar-refractivity contribution is 7.86. The Morgan fingerprint density at radius 2 is 0.783 bits per heavy atom. The van der Waals surface area contributed by atoms with Crippen LogP contribution in [0.1, 0.15) is 88.2 Å². The third kappa shape index (κ3) is 19.1. The molecule has 0 amide bonds. The number of aromatic nitrogens is 8. The zero-order valence-corrected chi connectivity index (χ0v) is 62.3. The van der Waals surface area contributed by atoms with Crippen molar-refractivity contribution in [3.8, 4) is 67.5 Å². The van der Waals surface area contributed by atoms with Gasteiger partial charge in [0.25, 0.3) is 40.5 Å². The van der Waals surface area contributed by atoms with Gasteiger partial charge in [0, 0.05) is 40.9 Å². The van der Waals surface area contributed by atoms with E-state index in [9.17, 15) is 38.2 Å². The van der Waals surface area contributed by atoms with E-state index < -0.39 is 45.7 Å². The van der Waals surface area contributed by atoms with Crippen LogP contribution in [-0.2, 0) is 53.6 Å². The molecule has 544 valence electrons. The molecule has 10 aromatic carbocycles. The Labute approximate surface area is 617 Å². The molecule has 24 heteroatoms. The van der Waals surface area contributed by atoms with Gasteiger partial charge >= 0.3 is 0 Å². The van der Waals surface area contributed by atoms with Crippen LogP contribution in [0.25, 0.3) is 112 Å². The van der Waals surface area contributed by atoms with Gasteiger partial charge in [-0.15, -0.1) is 0 Å². The first kappa shape index (κ1) is 76.6. The van der Waals surface area contributed by atoms with E-state index >= 15 is 0 Å². The Morgan fingerprint density at radius 3 is 1.25 bits per heavy atom. The van der Waals surface area contributed by atoms with Gasteiger partial charge in [-0.2, -0.15) is 33.7 Å². The molecule has 15 rings (SSSR count). The molecule has 106 heavy (non-hydrogen) atoms. The first-order valence-corrected chi connectivity index (χ1v) is 40.7. The number of aryl methyl sites for hydroxylation is 2. The van der Waals surface area contributed by atoms with Crippen LogP contribution in [0, 0.1) is 13.8 Å². The third-order valence-electron chi connectivity index (χ3n) is 17.8. The lowest BCUT2D eigenvalue weighted by Crippen LogP contribution is -2.15. The number of fused-ring (bicyclic) bond motifs is 4. The maximum atomic E-state index is 11.5. The normalized spacial score (nSPS) is 12.5. The predicted octanol–water partition coefficient (Wildman–Crippen LogP) is 18.1. The number of rotatable bonds is 17. The molecule has 1 aliphatic carbocycles. The number of hydrogen-bond donors (Lipinski definition) is 4. The summed E-state index contributed by atoms with van der Waals surface area (Å²) >= 11 is 0. The quantitative estimate of drug-likeness (QED) is 0.0486. The van der Waals surface area contributed by atoms with Crippen LogP contribution in [0.15, 0.2) is 252 Å². The van der Waals surface area contributed by atoms with Gasteiger partial charge in [-0.1, -0.05) is 216 Å². The van der Waals surface area contributed by atoms with Gasteiger partial charge in [0.15, 0.2) is 0 Å². The van der Waals surface area contributed by atoms with Crippen LogP contribution < -0.4 is 0 Å². The zero-order valence-electron chi connectivity index (χ0n) is 59.0. The zero-order chi connectivity index (χ0) is 75.3. The van der Waals surface area contributed by atoms with Crippen molar-refractivity contribution in [3.05, 3.63) is 265 Å². The molecule has 0 bridgehead atoms. The standard InChI is InChI=1S/C50H36N6O3S.C20H16N2O3S.C5H10O3S.C5H12O3S.C2H6/c1-31-13-24-41-43(27-31)54-47(34-9-5-3-6-10-34)49(52-41)36-16-18-37(19-17-36)50-48(35-11-7-4-8-12-35)55-44-28-38(20-25-42(44)53-50)39-21-26-46-45(29-39)51-32(2)56(46)30-33-14-22-40(23-15-33)60(57,58)59;23-26(24,25)17-12-10-15(11-13-17)14-22-19-9-5-4-8-18(19)21-20(22)16-6-2-1-3-7-16;6-9(7,8)5-3-1-2-4-5;1-2-3-4-5-9(6,7)8;1-2/h3-29H,30H2,1-2H3,(H,57,58,59);1-13H,14H2,(H,23,24,25);5H,1-4H2,(H,6,7,8);2-5H2,1H3,(H,6,7,8);1-2H3. The SMILES string of the molecule is CC.CCCCCS(=O)(=O)O.Cc1ccc2nc(-c3ccc(-c4nc5ccc(-c6ccc7c(c6)nc(C)n7Cc6ccc(S(=O)(=O)O)cc6)cc5nc4-c4ccccc4)cc3)c(-c3ccccc3)nc2c1.O=S(=O)(O)C1CCCC1.O=S(=O)(O)c1ccc(Cn2c(-c3ccccc3)nc3ccccc32)cc1. The van der Waals surface area contributed by atoms with Crippen LogP contribution in [-0.4, -0.2) is 102 Å². The van der Waals surface area contributed by atoms with Crippen LogP contribution in [0.5, 0.6) is 0 Å². The van der Waals surface area contributed by atoms with Gasteiger partial charge in [-0.25, -0.2) is 29.9 Å². The van der Waals surface area contributed by atoms with Crippen LogP contribution in [0.3, 0.4) is 0 Å². The highest BCUT2D eigenvalue weighted by Gasteiger charge is 2.26. The molecule has 0 spiro atoms. The second-order valence-corrected chi connectivity index (χ2v) is 31.4. The fourth-order valence-electron chi connectivity index (χ4n) is 12.5. The maximum Gasteiger partial charge on any atom is 0.294 e. The lowest BCUT2D eigenvalue weighted by atomic mass is 9.99. The molecule has 1 aliphatic rings. The van der Waals surface area contributed by atoms with Crippen molar-refractivity contribution in [2.75, 3.05) is 5.75 Å². The van der Waals surface area contributed by atoms with Gasteiger partial charge in [0.05, 0.1) is 87.7 Å². The van der Waals surface area contributed by atoms with Gasteiger partial charge in [0.1, 0.15) is 11.6 Å². The van der Waals surface area contributed by atoms with Crippen molar-refractivity contribution in [3.63, 3.8) is 0 Å². The smallest absolute Gasteiger partial charge is 0.294 e. The summed E-state index contributed by atoms with van der Waals surface area (Å²) in [5.74, 6) is 1.59. The minimum atomic E-state index is -4.26. The minimum Gasteiger partial charge on any atom is -0.324 e. The van der Waals surface area contributed by atoms with E-state index in [1.165, 1.54) is 24.3 Å². The van der Waals surface area contributed by atoms with Gasteiger partial charge in [-0.3, -0.25) is 18.2 Å². The molecule has 4 N–H and O–H groups in total. The summed E-state index contributed by atoms with van der Waals surface area (Å²) in [4.78, 5) is 30.1. The lowest BCUT2D eigenvalue weighted by Gasteiger charge is -2.13. The van der Waals surface area contributed by atoms with Crippen molar-refractivity contribution in [2.45, 2.75) is 108 Å². The molecular weight excluding hydrogens is 1420 g/mol. The highest BCUT2D eigenvalue weighted by Crippen LogP contribution is 2.37. The molecule has 0 atom stereocenters. The summed E-state index contributed by atoms with van der Waals surface area (Å²) < 4.78 is 126. The number of imidazole rings is 2. The summed E-state index contributed by atoms with van der Waals surface area (Å²) in [6.07, 6.45) is 5.54. The number of nitrogens with zero attached hydrogens (tertiary/aromatic N) is 8. The summed E-state index contributed by atoms with van der Waals surface area (Å²) in [6, 6.07) is 77.5. The molecule has 0 saturated heterocycles. The molecule has 20 nitrogen and oxygen atoms in total. The van der Waals surface area contributed by atoms with Crippen molar-refractivity contribution in [1.82, 2.24) is 39.0 Å². The van der Waals surface area contributed by atoms with E-state index in [-0.39, 0.29) is 15.5 Å². The second kappa shape index (κ2) is 33.7. The topological polar surface area (TPSA) is 305 Å². The molecule has 1 saturated carbocycles. The number of unbranched alkanes of at least 4 members (excludes halogenated alkanes) is 2. The number of hydrogen-bond acceptors (Lipinski definition) is 14. The molecule has 0 radical (unpaired) electrons. The monoisotopic (exact) mass is 1500 g/mol. The van der Waals surface area contributed by atoms with E-state index in [1.807, 2.05) is 131 Å². The van der Waals surface area contributed by atoms with Crippen molar-refractivity contribution < 1.29 is 51.9 Å². The summed E-state index contributed by atoms with van der Waals surface area (Å²) in [5, 5.41) is -0.461. The van der Waals surface area contributed by atoms with Crippen LogP contribution in [0.4, 0.5) is 0 Å². The van der Waals surface area contributed by atoms with E-state index in [1.54, 1.807) is 24.3 Å². The van der Waals surface area contributed by atoms with Crippen LogP contribution in [0.2, 0.25) is 0 Å². The van der Waals surface area contributed by atoms with E-state index in [0.29, 0.717) is 32.4 Å². The largest absolute Gasteiger partial charge is 0.324 e. The van der Waals surface area contributed by atoms with E-state index in [4.69, 9.17) is 43.6 Å². The number of benzene rings is 10. The molecule has 0 aliphatic heterocycles. The van der Waals surface area contributed by atoms with Gasteiger partial charge in [0.2, 0.25) is 0 Å². The fourth-order valence-corrected chi connectivity index (χ4v) is 14.9. The summed E-state index contributed by atoms with van der Waals surface area (Å²) in [5.41, 5.74) is 20.0. The van der Waals surface area contributed by atoms with Crippen molar-refractivity contribution in [2.24, 2.45) is 0 Å². The molecular formula is C82H80N8O12S4. The van der Waals surface area contributed by atoms with Crippen molar-refractivity contribution in [1.29, 1.82) is 0 Å². The Hall–Kier alpha value is -10.5. The Balaban J connectivity index is 0.000000198. The summed E-state index contributed by atoms with van der Waals surface area (Å²) in [7, 11) is -15.8. The first-order chi connectivity index (χ1) is 50.8. The fraction of sp³-hybridized carbons (Fsp3) is 0.195. The predicted molar refractivity (Wildman–Crippen MR) is 420 cm³/mol. The van der Waals surface area contributed by atoms with Gasteiger partial charge < -0.3 is 9.13 Å². The second-order valence-electron chi connectivity index (χ2n) is 25.3.